The summed E-state index contributed by atoms with van der Waals surface area (Å²) in [4.78, 5) is 0.117. The molecule has 1 aromatic carbocycles. The number of methoxy groups -OCH3 is 1. The van der Waals surface area contributed by atoms with Crippen molar-refractivity contribution in [3.05, 3.63) is 24.3 Å². The maximum Gasteiger partial charge on any atom is 0.241 e. The van der Waals surface area contributed by atoms with Crippen LogP contribution in [0.5, 0.6) is 5.75 Å². The molecule has 0 heterocycles. The van der Waals surface area contributed by atoms with Crippen LogP contribution in [0.2, 0.25) is 0 Å². The molecular formula is C13H21N3O3S. The largest absolute Gasteiger partial charge is 0.497 e. The first-order valence-corrected chi connectivity index (χ1v) is 7.82. The van der Waals surface area contributed by atoms with Crippen molar-refractivity contribution in [2.45, 2.75) is 37.1 Å². The van der Waals surface area contributed by atoms with Crippen molar-refractivity contribution >= 4 is 15.9 Å². The summed E-state index contributed by atoms with van der Waals surface area (Å²) < 4.78 is 32.3. The lowest BCUT2D eigenvalue weighted by Gasteiger charge is -2.31. The van der Waals surface area contributed by atoms with Crippen molar-refractivity contribution in [1.29, 1.82) is 5.41 Å². The molecule has 0 aromatic heterocycles. The molecule has 0 atom stereocenters. The van der Waals surface area contributed by atoms with E-state index in [0.29, 0.717) is 18.6 Å². The van der Waals surface area contributed by atoms with Crippen LogP contribution in [-0.2, 0) is 10.0 Å². The monoisotopic (exact) mass is 299 g/mol. The summed E-state index contributed by atoms with van der Waals surface area (Å²) in [6, 6.07) is 6.05. The second-order valence-corrected chi connectivity index (χ2v) is 6.17. The smallest absolute Gasteiger partial charge is 0.241 e. The van der Waals surface area contributed by atoms with Gasteiger partial charge in [0.15, 0.2) is 0 Å². The molecule has 1 aromatic rings. The van der Waals surface area contributed by atoms with Gasteiger partial charge in [0, 0.05) is 0 Å². The van der Waals surface area contributed by atoms with E-state index in [1.54, 1.807) is 26.0 Å². The van der Waals surface area contributed by atoms with E-state index in [1.165, 1.54) is 19.2 Å². The van der Waals surface area contributed by atoms with Crippen molar-refractivity contribution < 1.29 is 13.2 Å². The van der Waals surface area contributed by atoms with E-state index < -0.39 is 15.6 Å². The molecule has 20 heavy (non-hydrogen) atoms. The standard InChI is InChI=1S/C13H21N3O3S/c1-4-13(5-2,12(14)15)16-20(17,18)11-8-6-10(19-3)7-9-11/h6-9,16H,4-5H2,1-3H3,(H3,14,15). The normalized spacial score (nSPS) is 12.2. The van der Waals surface area contributed by atoms with E-state index >= 15 is 0 Å². The molecule has 1 rings (SSSR count). The lowest BCUT2D eigenvalue weighted by Crippen LogP contribution is -2.56. The minimum absolute atomic E-state index is 0.117. The Kier molecular flexibility index (Phi) is 5.13. The fourth-order valence-corrected chi connectivity index (χ4v) is 3.43. The van der Waals surface area contributed by atoms with Crippen molar-refractivity contribution in [2.24, 2.45) is 5.73 Å². The Morgan fingerprint density at radius 3 is 2.15 bits per heavy atom. The number of nitrogens with one attached hydrogen (secondary N) is 2. The van der Waals surface area contributed by atoms with E-state index in [1.807, 2.05) is 0 Å². The number of sulfonamides is 1. The van der Waals surface area contributed by atoms with E-state index in [2.05, 4.69) is 4.72 Å². The highest BCUT2D eigenvalue weighted by atomic mass is 32.2. The van der Waals surface area contributed by atoms with Gasteiger partial charge in [-0.1, -0.05) is 13.8 Å². The number of nitrogens with two attached hydrogens (primary N) is 1. The summed E-state index contributed by atoms with van der Waals surface area (Å²) in [5, 5.41) is 7.64. The van der Waals surface area contributed by atoms with Crippen molar-refractivity contribution in [3.63, 3.8) is 0 Å². The van der Waals surface area contributed by atoms with Gasteiger partial charge in [0.05, 0.1) is 17.5 Å². The maximum atomic E-state index is 12.4. The minimum Gasteiger partial charge on any atom is -0.497 e. The molecule has 0 fully saturated rings. The molecule has 112 valence electrons. The van der Waals surface area contributed by atoms with Crippen LogP contribution in [0.1, 0.15) is 26.7 Å². The van der Waals surface area contributed by atoms with Gasteiger partial charge in [0.25, 0.3) is 0 Å². The predicted octanol–water partition coefficient (Wildman–Crippen LogP) is 1.47. The van der Waals surface area contributed by atoms with E-state index in [4.69, 9.17) is 15.9 Å². The van der Waals surface area contributed by atoms with Crippen molar-refractivity contribution in [3.8, 4) is 5.75 Å². The zero-order valence-corrected chi connectivity index (χ0v) is 12.8. The quantitative estimate of drug-likeness (QED) is 0.523. The number of hydrogen-bond donors (Lipinski definition) is 3. The predicted molar refractivity (Wildman–Crippen MR) is 78.5 cm³/mol. The van der Waals surface area contributed by atoms with Gasteiger partial charge >= 0.3 is 0 Å². The summed E-state index contributed by atoms with van der Waals surface area (Å²) in [6.45, 7) is 3.59. The Morgan fingerprint density at radius 2 is 1.80 bits per heavy atom. The molecule has 0 aliphatic carbocycles. The number of ether oxygens (including phenoxy) is 1. The van der Waals surface area contributed by atoms with Crippen molar-refractivity contribution in [1.82, 2.24) is 4.72 Å². The third-order valence-electron chi connectivity index (χ3n) is 3.42. The molecule has 7 heteroatoms. The van der Waals surface area contributed by atoms with Crippen LogP contribution in [0, 0.1) is 5.41 Å². The number of rotatable bonds is 7. The third kappa shape index (κ3) is 3.29. The van der Waals surface area contributed by atoms with E-state index in [9.17, 15) is 8.42 Å². The van der Waals surface area contributed by atoms with Gasteiger partial charge < -0.3 is 10.5 Å². The molecule has 0 bridgehead atoms. The molecule has 0 unspecified atom stereocenters. The molecule has 0 saturated heterocycles. The zero-order chi connectivity index (χ0) is 15.4. The maximum absolute atomic E-state index is 12.4. The van der Waals surface area contributed by atoms with Crippen LogP contribution in [0.15, 0.2) is 29.2 Å². The highest BCUT2D eigenvalue weighted by Gasteiger charge is 2.35. The molecule has 4 N–H and O–H groups in total. The molecule has 0 spiro atoms. The molecule has 0 radical (unpaired) electrons. The molecule has 0 aliphatic heterocycles. The van der Waals surface area contributed by atoms with Crippen LogP contribution in [-0.4, -0.2) is 26.9 Å². The minimum atomic E-state index is -3.74. The molecular weight excluding hydrogens is 278 g/mol. The summed E-state index contributed by atoms with van der Waals surface area (Å²) >= 11 is 0. The van der Waals surface area contributed by atoms with Gasteiger partial charge in [-0.05, 0) is 37.1 Å². The number of benzene rings is 1. The third-order valence-corrected chi connectivity index (χ3v) is 4.97. The van der Waals surface area contributed by atoms with Gasteiger partial charge in [-0.25, -0.2) is 8.42 Å². The fourth-order valence-electron chi connectivity index (χ4n) is 1.90. The van der Waals surface area contributed by atoms with E-state index in [0.717, 1.165) is 0 Å². The Labute approximate surface area is 119 Å². The highest BCUT2D eigenvalue weighted by molar-refractivity contribution is 7.89. The van der Waals surface area contributed by atoms with Gasteiger partial charge in [-0.15, -0.1) is 0 Å². The van der Waals surface area contributed by atoms with Gasteiger partial charge in [0.1, 0.15) is 11.6 Å². The molecule has 0 amide bonds. The van der Waals surface area contributed by atoms with E-state index in [-0.39, 0.29) is 10.7 Å². The Balaban J connectivity index is 3.12. The van der Waals surface area contributed by atoms with Crippen LogP contribution in [0.4, 0.5) is 0 Å². The Morgan fingerprint density at radius 1 is 1.30 bits per heavy atom. The van der Waals surface area contributed by atoms with Gasteiger partial charge in [0.2, 0.25) is 10.0 Å². The average Bonchev–Trinajstić information content (AvgIpc) is 2.44. The first kappa shape index (κ1) is 16.5. The second kappa shape index (κ2) is 6.23. The lowest BCUT2D eigenvalue weighted by molar-refractivity contribution is 0.414. The van der Waals surface area contributed by atoms with Crippen molar-refractivity contribution in [2.75, 3.05) is 7.11 Å². The summed E-state index contributed by atoms with van der Waals surface area (Å²) in [5.41, 5.74) is 4.52. The highest BCUT2D eigenvalue weighted by Crippen LogP contribution is 2.21. The van der Waals surface area contributed by atoms with Crippen LogP contribution in [0.3, 0.4) is 0 Å². The Hall–Kier alpha value is -1.60. The molecule has 0 aliphatic rings. The SMILES string of the molecule is CCC(CC)(NS(=O)(=O)c1ccc(OC)cc1)C(=N)N. The second-order valence-electron chi connectivity index (χ2n) is 4.48. The van der Waals surface area contributed by atoms with Crippen LogP contribution < -0.4 is 15.2 Å². The fraction of sp³-hybridized carbons (Fsp3) is 0.462. The molecule has 0 saturated carbocycles. The average molecular weight is 299 g/mol. The lowest BCUT2D eigenvalue weighted by atomic mass is 9.93. The summed E-state index contributed by atoms with van der Waals surface area (Å²) in [6.07, 6.45) is 0.822. The van der Waals surface area contributed by atoms with Crippen LogP contribution in [0.25, 0.3) is 0 Å². The first-order chi connectivity index (χ1) is 9.31. The first-order valence-electron chi connectivity index (χ1n) is 6.34. The zero-order valence-electron chi connectivity index (χ0n) is 11.9. The topological polar surface area (TPSA) is 105 Å². The van der Waals surface area contributed by atoms with Gasteiger partial charge in [-0.2, -0.15) is 4.72 Å². The summed E-state index contributed by atoms with van der Waals surface area (Å²) in [5.74, 6) is 0.396. The van der Waals surface area contributed by atoms with Gasteiger partial charge in [-0.3, -0.25) is 5.41 Å². The summed E-state index contributed by atoms with van der Waals surface area (Å²) in [7, 11) is -2.23. The molecule has 6 nitrogen and oxygen atoms in total. The number of amidine groups is 1. The van der Waals surface area contributed by atoms with Crippen LogP contribution >= 0.6 is 0 Å². The number of hydrogen-bond acceptors (Lipinski definition) is 4. The Bertz CT molecular complexity index is 563.